The molecule has 2 aromatic heterocycles. The summed E-state index contributed by atoms with van der Waals surface area (Å²) >= 11 is 1.66. The van der Waals surface area contributed by atoms with Gasteiger partial charge in [0, 0.05) is 36.0 Å². The van der Waals surface area contributed by atoms with E-state index in [9.17, 15) is 8.78 Å². The summed E-state index contributed by atoms with van der Waals surface area (Å²) in [6.07, 6.45) is 0.867. The molecular formula is C17H17F2N3S. The Bertz CT molecular complexity index is 832. The monoisotopic (exact) mass is 333 g/mol. The summed E-state index contributed by atoms with van der Waals surface area (Å²) in [7, 11) is 1.98. The number of aromatic nitrogens is 2. The van der Waals surface area contributed by atoms with Crippen molar-refractivity contribution in [2.45, 2.75) is 19.9 Å². The van der Waals surface area contributed by atoms with E-state index in [4.69, 9.17) is 0 Å². The first-order valence-corrected chi connectivity index (χ1v) is 8.24. The molecule has 1 aromatic carbocycles. The molecule has 23 heavy (non-hydrogen) atoms. The SMILES string of the molecule is Cc1csc(CCN(C)Cc2ccc3ccc(F)c(F)c3n2)n1. The van der Waals surface area contributed by atoms with Crippen molar-refractivity contribution in [2.24, 2.45) is 0 Å². The molecule has 2 heterocycles. The number of likely N-dealkylation sites (N-methyl/N-ethyl adjacent to an activating group) is 1. The quantitative estimate of drug-likeness (QED) is 0.708. The summed E-state index contributed by atoms with van der Waals surface area (Å²) in [6.45, 7) is 3.39. The molecule has 0 amide bonds. The van der Waals surface area contributed by atoms with Crippen LogP contribution in [0.2, 0.25) is 0 Å². The summed E-state index contributed by atoms with van der Waals surface area (Å²) in [5.41, 5.74) is 1.85. The van der Waals surface area contributed by atoms with Gasteiger partial charge < -0.3 is 4.90 Å². The van der Waals surface area contributed by atoms with Crippen molar-refractivity contribution >= 4 is 22.2 Å². The Balaban J connectivity index is 1.69. The highest BCUT2D eigenvalue weighted by Crippen LogP contribution is 2.19. The van der Waals surface area contributed by atoms with Crippen molar-refractivity contribution in [3.05, 3.63) is 57.7 Å². The van der Waals surface area contributed by atoms with Crippen molar-refractivity contribution in [2.75, 3.05) is 13.6 Å². The van der Waals surface area contributed by atoms with Crippen LogP contribution < -0.4 is 0 Å². The van der Waals surface area contributed by atoms with Gasteiger partial charge in [0.2, 0.25) is 0 Å². The Morgan fingerprint density at radius 1 is 1.13 bits per heavy atom. The molecule has 0 aliphatic heterocycles. The van der Waals surface area contributed by atoms with Gasteiger partial charge in [-0.05, 0) is 32.2 Å². The maximum Gasteiger partial charge on any atom is 0.184 e. The van der Waals surface area contributed by atoms with Crippen molar-refractivity contribution in [3.8, 4) is 0 Å². The highest BCUT2D eigenvalue weighted by molar-refractivity contribution is 7.09. The number of thiazole rings is 1. The number of hydrogen-bond donors (Lipinski definition) is 0. The molecule has 3 aromatic rings. The fraction of sp³-hybridized carbons (Fsp3) is 0.294. The third kappa shape index (κ3) is 3.71. The third-order valence-electron chi connectivity index (χ3n) is 3.62. The molecule has 0 radical (unpaired) electrons. The lowest BCUT2D eigenvalue weighted by atomic mass is 10.2. The minimum Gasteiger partial charge on any atom is -0.300 e. The molecule has 0 unspecified atom stereocenters. The first-order chi connectivity index (χ1) is 11.0. The molecule has 3 nitrogen and oxygen atoms in total. The summed E-state index contributed by atoms with van der Waals surface area (Å²) < 4.78 is 27.2. The normalized spacial score (nSPS) is 11.5. The molecule has 0 aliphatic rings. The number of aryl methyl sites for hydroxylation is 1. The van der Waals surface area contributed by atoms with Crippen molar-refractivity contribution in [1.29, 1.82) is 0 Å². The molecule has 6 heteroatoms. The van der Waals surface area contributed by atoms with Gasteiger partial charge in [0.15, 0.2) is 11.6 Å². The molecule has 0 aliphatic carbocycles. The molecule has 0 saturated carbocycles. The lowest BCUT2D eigenvalue weighted by Crippen LogP contribution is -2.21. The van der Waals surface area contributed by atoms with Crippen molar-refractivity contribution in [1.82, 2.24) is 14.9 Å². The van der Waals surface area contributed by atoms with Gasteiger partial charge in [-0.15, -0.1) is 11.3 Å². The second-order valence-electron chi connectivity index (χ2n) is 5.61. The van der Waals surface area contributed by atoms with Crippen LogP contribution in [0.25, 0.3) is 10.9 Å². The Morgan fingerprint density at radius 3 is 2.65 bits per heavy atom. The zero-order valence-electron chi connectivity index (χ0n) is 13.0. The number of halogens is 2. The van der Waals surface area contributed by atoms with E-state index in [2.05, 4.69) is 14.9 Å². The Morgan fingerprint density at radius 2 is 1.91 bits per heavy atom. The summed E-state index contributed by atoms with van der Waals surface area (Å²) in [5.74, 6) is -1.75. The lowest BCUT2D eigenvalue weighted by molar-refractivity contribution is 0.327. The van der Waals surface area contributed by atoms with Crippen LogP contribution in [0.5, 0.6) is 0 Å². The second-order valence-corrected chi connectivity index (χ2v) is 6.55. The van der Waals surface area contributed by atoms with Gasteiger partial charge in [0.25, 0.3) is 0 Å². The van der Waals surface area contributed by atoms with Gasteiger partial charge in [-0.25, -0.2) is 18.7 Å². The van der Waals surface area contributed by atoms with Crippen LogP contribution in [0.15, 0.2) is 29.6 Å². The maximum absolute atomic E-state index is 13.8. The Hall–Kier alpha value is -1.92. The molecule has 0 saturated heterocycles. The molecule has 120 valence electrons. The van der Waals surface area contributed by atoms with E-state index < -0.39 is 11.6 Å². The van der Waals surface area contributed by atoms with Crippen LogP contribution in [-0.4, -0.2) is 28.5 Å². The first-order valence-electron chi connectivity index (χ1n) is 7.36. The molecule has 0 N–H and O–H groups in total. The van der Waals surface area contributed by atoms with Gasteiger partial charge >= 0.3 is 0 Å². The van der Waals surface area contributed by atoms with Gasteiger partial charge in [-0.3, -0.25) is 0 Å². The van der Waals surface area contributed by atoms with Crippen molar-refractivity contribution in [3.63, 3.8) is 0 Å². The lowest BCUT2D eigenvalue weighted by Gasteiger charge is -2.15. The predicted molar refractivity (Wildman–Crippen MR) is 88.5 cm³/mol. The van der Waals surface area contributed by atoms with Gasteiger partial charge in [-0.1, -0.05) is 6.07 Å². The second kappa shape index (κ2) is 6.68. The number of rotatable bonds is 5. The minimum atomic E-state index is -0.884. The Labute approximate surface area is 137 Å². The van der Waals surface area contributed by atoms with E-state index >= 15 is 0 Å². The summed E-state index contributed by atoms with van der Waals surface area (Å²) in [4.78, 5) is 10.8. The smallest absolute Gasteiger partial charge is 0.184 e. The minimum absolute atomic E-state index is 0.0893. The Kier molecular flexibility index (Phi) is 4.63. The number of hydrogen-bond acceptors (Lipinski definition) is 4. The van der Waals surface area contributed by atoms with Crippen molar-refractivity contribution < 1.29 is 8.78 Å². The standard InChI is InChI=1S/C17H17F2N3S/c1-11-10-23-15(20-11)7-8-22(2)9-13-5-3-12-4-6-14(18)16(19)17(12)21-13/h3-6,10H,7-9H2,1-2H3. The van der Waals surface area contributed by atoms with E-state index in [1.807, 2.05) is 25.4 Å². The molecule has 0 atom stereocenters. The highest BCUT2D eigenvalue weighted by atomic mass is 32.1. The largest absolute Gasteiger partial charge is 0.300 e. The van der Waals surface area contributed by atoms with Crippen LogP contribution >= 0.6 is 11.3 Å². The predicted octanol–water partition coefficient (Wildman–Crippen LogP) is 3.95. The zero-order chi connectivity index (χ0) is 16.4. The summed E-state index contributed by atoms with van der Waals surface area (Å²) in [5, 5.41) is 3.75. The molecule has 0 spiro atoms. The van der Waals surface area contributed by atoms with Gasteiger partial charge in [0.1, 0.15) is 5.52 Å². The van der Waals surface area contributed by atoms with E-state index in [0.29, 0.717) is 11.9 Å². The van der Waals surface area contributed by atoms with E-state index in [1.165, 1.54) is 0 Å². The fourth-order valence-corrected chi connectivity index (χ4v) is 3.18. The number of nitrogens with zero attached hydrogens (tertiary/aromatic N) is 3. The van der Waals surface area contributed by atoms with Gasteiger partial charge in [-0.2, -0.15) is 0 Å². The topological polar surface area (TPSA) is 29.0 Å². The zero-order valence-corrected chi connectivity index (χ0v) is 13.8. The molecular weight excluding hydrogens is 316 g/mol. The van der Waals surface area contributed by atoms with E-state index in [-0.39, 0.29) is 5.52 Å². The van der Waals surface area contributed by atoms with E-state index in [1.54, 1.807) is 23.5 Å². The number of pyridine rings is 1. The van der Waals surface area contributed by atoms with Crippen LogP contribution in [0.1, 0.15) is 16.4 Å². The number of fused-ring (bicyclic) bond motifs is 1. The maximum atomic E-state index is 13.8. The summed E-state index contributed by atoms with van der Waals surface area (Å²) in [6, 6.07) is 6.29. The fourth-order valence-electron chi connectivity index (χ4n) is 2.42. The van der Waals surface area contributed by atoms with Crippen LogP contribution in [0.3, 0.4) is 0 Å². The average Bonchev–Trinajstić information content (AvgIpc) is 2.95. The average molecular weight is 333 g/mol. The number of benzene rings is 1. The van der Waals surface area contributed by atoms with Gasteiger partial charge in [0.05, 0.1) is 10.7 Å². The molecule has 3 rings (SSSR count). The molecule has 0 bridgehead atoms. The highest BCUT2D eigenvalue weighted by Gasteiger charge is 2.10. The first kappa shape index (κ1) is 16.0. The van der Waals surface area contributed by atoms with E-state index in [0.717, 1.165) is 35.4 Å². The third-order valence-corrected chi connectivity index (χ3v) is 4.64. The van der Waals surface area contributed by atoms with Crippen LogP contribution in [-0.2, 0) is 13.0 Å². The molecule has 0 fully saturated rings. The van der Waals surface area contributed by atoms with Crippen LogP contribution in [0.4, 0.5) is 8.78 Å². The van der Waals surface area contributed by atoms with Crippen LogP contribution in [0, 0.1) is 18.6 Å².